The number of hydrogen-bond donors (Lipinski definition) is 1. The number of carbonyl (C=O) groups excluding carboxylic acids is 3. The lowest BCUT2D eigenvalue weighted by Crippen LogP contribution is -2.69. The monoisotopic (exact) mass is 413 g/mol. The minimum atomic E-state index is -0.483. The summed E-state index contributed by atoms with van der Waals surface area (Å²) in [5.74, 6) is -0.695. The van der Waals surface area contributed by atoms with Gasteiger partial charge in [-0.2, -0.15) is 0 Å². The van der Waals surface area contributed by atoms with E-state index in [1.54, 1.807) is 0 Å². The van der Waals surface area contributed by atoms with Gasteiger partial charge in [-0.05, 0) is 36.4 Å². The van der Waals surface area contributed by atoms with Gasteiger partial charge in [0, 0.05) is 4.88 Å². The van der Waals surface area contributed by atoms with Crippen molar-refractivity contribution >= 4 is 29.2 Å². The Kier molecular flexibility index (Phi) is 5.92. The molecule has 29 heavy (non-hydrogen) atoms. The minimum Gasteiger partial charge on any atom is -0.459 e. The number of imide groups is 1. The van der Waals surface area contributed by atoms with Crippen LogP contribution in [-0.2, 0) is 27.5 Å². The highest BCUT2D eigenvalue weighted by Crippen LogP contribution is 2.26. The molecule has 2 fully saturated rings. The number of nitrogens with one attached hydrogen (secondary N) is 1. The SMILES string of the molecule is O=C(CN1C(=O)N(Cc2cccs2)C(=O)C2NCCCC21)OCc1ccccc1. The molecule has 0 aliphatic carbocycles. The molecule has 0 saturated carbocycles. The summed E-state index contributed by atoms with van der Waals surface area (Å²) in [7, 11) is 0. The number of piperidine rings is 1. The Morgan fingerprint density at radius 2 is 2.00 bits per heavy atom. The van der Waals surface area contributed by atoms with Crippen LogP contribution in [0.4, 0.5) is 4.79 Å². The number of carbonyl (C=O) groups is 3. The van der Waals surface area contributed by atoms with Crippen LogP contribution in [0.3, 0.4) is 0 Å². The molecule has 2 aliphatic rings. The molecule has 3 amide bonds. The van der Waals surface area contributed by atoms with Gasteiger partial charge in [0.15, 0.2) is 0 Å². The summed E-state index contributed by atoms with van der Waals surface area (Å²) < 4.78 is 5.37. The molecule has 152 valence electrons. The fraction of sp³-hybridized carbons (Fsp3) is 0.381. The van der Waals surface area contributed by atoms with Crippen molar-refractivity contribution in [3.05, 3.63) is 58.3 Å². The molecule has 2 atom stereocenters. The van der Waals surface area contributed by atoms with E-state index in [1.807, 2.05) is 47.8 Å². The van der Waals surface area contributed by atoms with Gasteiger partial charge in [-0.3, -0.25) is 14.5 Å². The van der Waals surface area contributed by atoms with Gasteiger partial charge in [-0.1, -0.05) is 36.4 Å². The van der Waals surface area contributed by atoms with Gasteiger partial charge in [0.05, 0.1) is 12.6 Å². The third kappa shape index (κ3) is 4.33. The van der Waals surface area contributed by atoms with E-state index in [0.29, 0.717) is 6.42 Å². The van der Waals surface area contributed by atoms with E-state index >= 15 is 0 Å². The highest BCUT2D eigenvalue weighted by molar-refractivity contribution is 7.09. The molecule has 0 radical (unpaired) electrons. The van der Waals surface area contributed by atoms with Crippen molar-refractivity contribution in [3.63, 3.8) is 0 Å². The number of benzene rings is 1. The lowest BCUT2D eigenvalue weighted by atomic mass is 9.93. The Balaban J connectivity index is 1.47. The molecule has 3 heterocycles. The van der Waals surface area contributed by atoms with Crippen LogP contribution in [0.15, 0.2) is 47.8 Å². The number of ether oxygens (including phenoxy) is 1. The van der Waals surface area contributed by atoms with Gasteiger partial charge in [0.1, 0.15) is 19.2 Å². The second-order valence-corrected chi connectivity index (χ2v) is 8.23. The molecule has 1 aromatic heterocycles. The molecule has 1 N–H and O–H groups in total. The van der Waals surface area contributed by atoms with E-state index in [1.165, 1.54) is 21.1 Å². The molecule has 0 bridgehead atoms. The minimum absolute atomic E-state index is 0.159. The Bertz CT molecular complexity index is 871. The summed E-state index contributed by atoms with van der Waals surface area (Å²) in [4.78, 5) is 42.2. The van der Waals surface area contributed by atoms with E-state index in [0.717, 1.165) is 23.4 Å². The van der Waals surface area contributed by atoms with Crippen LogP contribution >= 0.6 is 11.3 Å². The summed E-state index contributed by atoms with van der Waals surface area (Å²) >= 11 is 1.49. The molecule has 2 saturated heterocycles. The van der Waals surface area contributed by atoms with E-state index in [2.05, 4.69) is 5.32 Å². The maximum Gasteiger partial charge on any atom is 0.327 e. The molecule has 8 heteroatoms. The molecule has 2 aliphatic heterocycles. The van der Waals surface area contributed by atoms with Gasteiger partial charge in [-0.15, -0.1) is 11.3 Å². The number of amides is 3. The lowest BCUT2D eigenvalue weighted by Gasteiger charge is -2.46. The standard InChI is InChI=1S/C21H23N3O4S/c25-18(28-14-15-6-2-1-3-7-15)13-23-17-9-4-10-22-19(17)20(26)24(21(23)27)12-16-8-5-11-29-16/h1-3,5-8,11,17,19,22H,4,9-10,12-14H2. The number of urea groups is 1. The second-order valence-electron chi connectivity index (χ2n) is 7.20. The first kappa shape index (κ1) is 19.6. The van der Waals surface area contributed by atoms with E-state index in [-0.39, 0.29) is 31.6 Å². The van der Waals surface area contributed by atoms with Gasteiger partial charge in [0.25, 0.3) is 0 Å². The number of nitrogens with zero attached hydrogens (tertiary/aromatic N) is 2. The quantitative estimate of drug-likeness (QED) is 0.736. The van der Waals surface area contributed by atoms with E-state index in [4.69, 9.17) is 4.74 Å². The zero-order valence-corrected chi connectivity index (χ0v) is 16.8. The average Bonchev–Trinajstić information content (AvgIpc) is 3.27. The fourth-order valence-electron chi connectivity index (χ4n) is 3.83. The predicted octanol–water partition coefficient (Wildman–Crippen LogP) is 2.38. The van der Waals surface area contributed by atoms with Gasteiger partial charge < -0.3 is 15.0 Å². The van der Waals surface area contributed by atoms with E-state index < -0.39 is 18.0 Å². The zero-order valence-electron chi connectivity index (χ0n) is 16.0. The Morgan fingerprint density at radius 3 is 2.76 bits per heavy atom. The van der Waals surface area contributed by atoms with Crippen LogP contribution in [0.1, 0.15) is 23.3 Å². The van der Waals surface area contributed by atoms with Crippen LogP contribution in [0.5, 0.6) is 0 Å². The fourth-order valence-corrected chi connectivity index (χ4v) is 4.52. The molecule has 0 spiro atoms. The largest absolute Gasteiger partial charge is 0.459 e. The number of hydrogen-bond acceptors (Lipinski definition) is 6. The number of esters is 1. The highest BCUT2D eigenvalue weighted by atomic mass is 32.1. The number of thiophene rings is 1. The first-order valence-electron chi connectivity index (χ1n) is 9.71. The summed E-state index contributed by atoms with van der Waals surface area (Å²) in [6.45, 7) is 0.935. The van der Waals surface area contributed by atoms with Gasteiger partial charge >= 0.3 is 12.0 Å². The van der Waals surface area contributed by atoms with Crippen LogP contribution < -0.4 is 5.32 Å². The molecule has 4 rings (SSSR count). The third-order valence-corrected chi connectivity index (χ3v) is 6.13. The molecule has 7 nitrogen and oxygen atoms in total. The maximum absolute atomic E-state index is 13.1. The van der Waals surface area contributed by atoms with Crippen molar-refractivity contribution in [3.8, 4) is 0 Å². The zero-order chi connectivity index (χ0) is 20.2. The molecular formula is C21H23N3O4S. The van der Waals surface area contributed by atoms with Crippen LogP contribution in [0, 0.1) is 0 Å². The van der Waals surface area contributed by atoms with Crippen molar-refractivity contribution in [2.75, 3.05) is 13.1 Å². The van der Waals surface area contributed by atoms with Gasteiger partial charge in [0.2, 0.25) is 5.91 Å². The average molecular weight is 413 g/mol. The van der Waals surface area contributed by atoms with E-state index in [9.17, 15) is 14.4 Å². The smallest absolute Gasteiger partial charge is 0.327 e. The molecule has 2 aromatic rings. The van der Waals surface area contributed by atoms with Crippen LogP contribution in [-0.4, -0.2) is 52.9 Å². The topological polar surface area (TPSA) is 79.0 Å². The van der Waals surface area contributed by atoms with Crippen molar-refractivity contribution in [2.45, 2.75) is 38.1 Å². The first-order valence-corrected chi connectivity index (χ1v) is 10.6. The van der Waals surface area contributed by atoms with Crippen molar-refractivity contribution in [1.82, 2.24) is 15.1 Å². The summed E-state index contributed by atoms with van der Waals surface area (Å²) in [5, 5.41) is 5.14. The number of rotatable bonds is 6. The second kappa shape index (κ2) is 8.75. The predicted molar refractivity (Wildman–Crippen MR) is 108 cm³/mol. The van der Waals surface area contributed by atoms with Crippen LogP contribution in [0.25, 0.3) is 0 Å². The Morgan fingerprint density at radius 1 is 1.17 bits per heavy atom. The maximum atomic E-state index is 13.1. The number of fused-ring (bicyclic) bond motifs is 1. The highest BCUT2D eigenvalue weighted by Gasteiger charge is 2.47. The normalized spacial score (nSPS) is 21.8. The summed E-state index contributed by atoms with van der Waals surface area (Å²) in [6.07, 6.45) is 1.54. The molecule has 2 unspecified atom stereocenters. The third-order valence-electron chi connectivity index (χ3n) is 5.27. The van der Waals surface area contributed by atoms with Crippen molar-refractivity contribution < 1.29 is 19.1 Å². The van der Waals surface area contributed by atoms with Crippen molar-refractivity contribution in [1.29, 1.82) is 0 Å². The summed E-state index contributed by atoms with van der Waals surface area (Å²) in [5.41, 5.74) is 0.887. The molecule has 1 aromatic carbocycles. The van der Waals surface area contributed by atoms with Crippen molar-refractivity contribution in [2.24, 2.45) is 0 Å². The molecular weight excluding hydrogens is 390 g/mol. The van der Waals surface area contributed by atoms with Gasteiger partial charge in [-0.25, -0.2) is 4.79 Å². The Labute approximate surface area is 173 Å². The van der Waals surface area contributed by atoms with Crippen LogP contribution in [0.2, 0.25) is 0 Å². The lowest BCUT2D eigenvalue weighted by molar-refractivity contribution is -0.149. The summed E-state index contributed by atoms with van der Waals surface area (Å²) in [6, 6.07) is 12.0. The first-order chi connectivity index (χ1) is 14.1. The Hall–Kier alpha value is -2.71.